The summed E-state index contributed by atoms with van der Waals surface area (Å²) in [4.78, 5) is 15.9. The third kappa shape index (κ3) is 4.22. The molecule has 0 bridgehead atoms. The van der Waals surface area contributed by atoms with Crippen molar-refractivity contribution in [1.29, 1.82) is 0 Å². The molecule has 0 fully saturated rings. The lowest BCUT2D eigenvalue weighted by molar-refractivity contribution is 0.0402. The normalized spacial score (nSPS) is 12.8. The Labute approximate surface area is 122 Å². The Bertz CT molecular complexity index is 648. The number of nitrogens with zero attached hydrogens (tertiary/aromatic N) is 4. The molecule has 0 radical (unpaired) electrons. The van der Waals surface area contributed by atoms with E-state index in [4.69, 9.17) is 9.26 Å². The standard InChI is InChI=1S/C14H20N4O3/c1-9(2)8-20-11(4)14-15-12(21-17-14)7-18-13(19)6-5-10(3)16-18/h5-6,9,11H,7-8H2,1-4H3. The molecule has 2 rings (SSSR count). The van der Waals surface area contributed by atoms with E-state index in [-0.39, 0.29) is 18.2 Å². The lowest BCUT2D eigenvalue weighted by atomic mass is 10.2. The third-order valence-electron chi connectivity index (χ3n) is 2.81. The maximum absolute atomic E-state index is 11.7. The van der Waals surface area contributed by atoms with Crippen molar-refractivity contribution in [2.45, 2.75) is 40.3 Å². The molecule has 0 saturated carbocycles. The quantitative estimate of drug-likeness (QED) is 0.806. The van der Waals surface area contributed by atoms with Gasteiger partial charge in [0.15, 0.2) is 5.82 Å². The highest BCUT2D eigenvalue weighted by atomic mass is 16.5. The second-order valence-electron chi connectivity index (χ2n) is 5.39. The Morgan fingerprint density at radius 1 is 1.33 bits per heavy atom. The summed E-state index contributed by atoms with van der Waals surface area (Å²) in [6, 6.07) is 3.13. The van der Waals surface area contributed by atoms with Crippen LogP contribution in [0, 0.1) is 12.8 Å². The molecule has 0 aliphatic rings. The van der Waals surface area contributed by atoms with E-state index in [1.807, 2.05) is 13.8 Å². The van der Waals surface area contributed by atoms with E-state index in [9.17, 15) is 4.79 Å². The van der Waals surface area contributed by atoms with Crippen LogP contribution in [0.3, 0.4) is 0 Å². The highest BCUT2D eigenvalue weighted by Crippen LogP contribution is 2.14. The summed E-state index contributed by atoms with van der Waals surface area (Å²) in [5.41, 5.74) is 0.549. The van der Waals surface area contributed by atoms with Crippen LogP contribution in [0.5, 0.6) is 0 Å². The van der Waals surface area contributed by atoms with Gasteiger partial charge in [0, 0.05) is 12.7 Å². The van der Waals surface area contributed by atoms with E-state index in [0.29, 0.717) is 24.2 Å². The molecule has 1 atom stereocenters. The monoisotopic (exact) mass is 292 g/mol. The van der Waals surface area contributed by atoms with Gasteiger partial charge < -0.3 is 9.26 Å². The van der Waals surface area contributed by atoms with Gasteiger partial charge in [-0.25, -0.2) is 4.68 Å². The van der Waals surface area contributed by atoms with Gasteiger partial charge in [0.25, 0.3) is 5.56 Å². The minimum Gasteiger partial charge on any atom is -0.370 e. The average molecular weight is 292 g/mol. The summed E-state index contributed by atoms with van der Waals surface area (Å²) < 4.78 is 12.1. The average Bonchev–Trinajstić information content (AvgIpc) is 2.89. The van der Waals surface area contributed by atoms with Gasteiger partial charge in [-0.05, 0) is 25.8 Å². The Hall–Kier alpha value is -2.02. The van der Waals surface area contributed by atoms with Gasteiger partial charge in [0.2, 0.25) is 5.89 Å². The molecule has 0 aromatic carbocycles. The van der Waals surface area contributed by atoms with Crippen molar-refractivity contribution < 1.29 is 9.26 Å². The second kappa shape index (κ2) is 6.62. The first kappa shape index (κ1) is 15.4. The molecule has 2 aromatic heterocycles. The number of ether oxygens (including phenoxy) is 1. The smallest absolute Gasteiger partial charge is 0.267 e. The van der Waals surface area contributed by atoms with Crippen LogP contribution in [0.25, 0.3) is 0 Å². The largest absolute Gasteiger partial charge is 0.370 e. The lowest BCUT2D eigenvalue weighted by Crippen LogP contribution is -2.23. The van der Waals surface area contributed by atoms with Crippen molar-refractivity contribution in [1.82, 2.24) is 19.9 Å². The van der Waals surface area contributed by atoms with Crippen molar-refractivity contribution in [2.24, 2.45) is 5.92 Å². The zero-order valence-electron chi connectivity index (χ0n) is 12.7. The molecule has 21 heavy (non-hydrogen) atoms. The molecule has 7 nitrogen and oxygen atoms in total. The Morgan fingerprint density at radius 3 is 2.81 bits per heavy atom. The number of aryl methyl sites for hydroxylation is 1. The summed E-state index contributed by atoms with van der Waals surface area (Å²) in [6.07, 6.45) is -0.243. The number of hydrogen-bond acceptors (Lipinski definition) is 6. The zero-order chi connectivity index (χ0) is 15.4. The topological polar surface area (TPSA) is 83.0 Å². The fourth-order valence-electron chi connectivity index (χ4n) is 1.70. The van der Waals surface area contributed by atoms with Crippen molar-refractivity contribution >= 4 is 0 Å². The zero-order valence-corrected chi connectivity index (χ0v) is 12.7. The molecule has 2 aromatic rings. The molecular formula is C14H20N4O3. The molecule has 1 unspecified atom stereocenters. The van der Waals surface area contributed by atoms with Crippen LogP contribution in [0.4, 0.5) is 0 Å². The highest BCUT2D eigenvalue weighted by Gasteiger charge is 2.15. The van der Waals surface area contributed by atoms with Gasteiger partial charge in [0.05, 0.1) is 5.69 Å². The van der Waals surface area contributed by atoms with Crippen molar-refractivity contribution in [3.05, 3.63) is 39.9 Å². The van der Waals surface area contributed by atoms with Crippen molar-refractivity contribution in [3.8, 4) is 0 Å². The molecular weight excluding hydrogens is 272 g/mol. The van der Waals surface area contributed by atoms with Crippen LogP contribution >= 0.6 is 0 Å². The van der Waals surface area contributed by atoms with E-state index < -0.39 is 0 Å². The summed E-state index contributed by atoms with van der Waals surface area (Å²) >= 11 is 0. The minimum absolute atomic E-state index is 0.157. The first-order chi connectivity index (χ1) is 9.95. The molecule has 0 saturated heterocycles. The molecule has 7 heteroatoms. The van der Waals surface area contributed by atoms with E-state index in [2.05, 4.69) is 29.1 Å². The third-order valence-corrected chi connectivity index (χ3v) is 2.81. The summed E-state index contributed by atoms with van der Waals surface area (Å²) in [7, 11) is 0. The number of rotatable bonds is 6. The highest BCUT2D eigenvalue weighted by molar-refractivity contribution is 4.98. The Morgan fingerprint density at radius 2 is 2.10 bits per heavy atom. The molecule has 0 aliphatic heterocycles. The van der Waals surface area contributed by atoms with Gasteiger partial charge in [-0.1, -0.05) is 19.0 Å². The molecule has 0 amide bonds. The van der Waals surface area contributed by atoms with Gasteiger partial charge in [-0.2, -0.15) is 10.1 Å². The van der Waals surface area contributed by atoms with Gasteiger partial charge in [-0.15, -0.1) is 0 Å². The van der Waals surface area contributed by atoms with Crippen LogP contribution in [0.15, 0.2) is 21.5 Å². The van der Waals surface area contributed by atoms with Crippen LogP contribution in [-0.2, 0) is 11.3 Å². The number of hydrogen-bond donors (Lipinski definition) is 0. The van der Waals surface area contributed by atoms with Gasteiger partial charge in [0.1, 0.15) is 12.6 Å². The molecule has 2 heterocycles. The Kier molecular flexibility index (Phi) is 4.85. The second-order valence-corrected chi connectivity index (χ2v) is 5.39. The first-order valence-electron chi connectivity index (χ1n) is 6.94. The minimum atomic E-state index is -0.243. The van der Waals surface area contributed by atoms with E-state index >= 15 is 0 Å². The summed E-state index contributed by atoms with van der Waals surface area (Å²) in [6.45, 7) is 8.62. The van der Waals surface area contributed by atoms with E-state index in [0.717, 1.165) is 5.69 Å². The number of aromatic nitrogens is 4. The molecule has 0 spiro atoms. The van der Waals surface area contributed by atoms with Crippen LogP contribution in [0.1, 0.15) is 44.3 Å². The summed E-state index contributed by atoms with van der Waals surface area (Å²) in [5.74, 6) is 1.26. The van der Waals surface area contributed by atoms with E-state index in [1.165, 1.54) is 10.7 Å². The van der Waals surface area contributed by atoms with Crippen LogP contribution < -0.4 is 5.56 Å². The van der Waals surface area contributed by atoms with E-state index in [1.54, 1.807) is 6.07 Å². The van der Waals surface area contributed by atoms with Crippen LogP contribution in [0.2, 0.25) is 0 Å². The molecule has 0 N–H and O–H groups in total. The predicted molar refractivity (Wildman–Crippen MR) is 75.8 cm³/mol. The lowest BCUT2D eigenvalue weighted by Gasteiger charge is -2.10. The Balaban J connectivity index is 2.06. The van der Waals surface area contributed by atoms with Gasteiger partial charge >= 0.3 is 0 Å². The summed E-state index contributed by atoms with van der Waals surface area (Å²) in [5, 5.41) is 8.01. The van der Waals surface area contributed by atoms with Gasteiger partial charge in [-0.3, -0.25) is 4.79 Å². The SMILES string of the molecule is Cc1ccc(=O)n(Cc2nc(C(C)OCC(C)C)no2)n1. The van der Waals surface area contributed by atoms with Crippen molar-refractivity contribution in [3.63, 3.8) is 0 Å². The molecule has 114 valence electrons. The maximum atomic E-state index is 11.7. The first-order valence-corrected chi connectivity index (χ1v) is 6.94. The maximum Gasteiger partial charge on any atom is 0.267 e. The fraction of sp³-hybridized carbons (Fsp3) is 0.571. The molecule has 0 aliphatic carbocycles. The van der Waals surface area contributed by atoms with Crippen molar-refractivity contribution in [2.75, 3.05) is 6.61 Å². The predicted octanol–water partition coefficient (Wildman–Crippen LogP) is 1.72. The fourth-order valence-corrected chi connectivity index (χ4v) is 1.70. The van der Waals surface area contributed by atoms with Crippen LogP contribution in [-0.4, -0.2) is 26.5 Å².